The van der Waals surface area contributed by atoms with E-state index in [0.717, 1.165) is 16.8 Å². The third-order valence-electron chi connectivity index (χ3n) is 4.32. The normalized spacial score (nSPS) is 10.3. The maximum absolute atomic E-state index is 13.2. The van der Waals surface area contributed by atoms with E-state index in [1.54, 1.807) is 35.0 Å². The predicted octanol–water partition coefficient (Wildman–Crippen LogP) is 3.44. The third-order valence-corrected chi connectivity index (χ3v) is 4.32. The maximum atomic E-state index is 13.2. The lowest BCUT2D eigenvalue weighted by molar-refractivity contribution is 0.0718. The molecule has 0 radical (unpaired) electrons. The van der Waals surface area contributed by atoms with E-state index in [0.29, 0.717) is 24.3 Å². The Kier molecular flexibility index (Phi) is 5.14. The molecule has 2 aromatic heterocycles. The van der Waals surface area contributed by atoms with Gasteiger partial charge in [-0.1, -0.05) is 36.4 Å². The van der Waals surface area contributed by atoms with Crippen LogP contribution in [0.5, 0.6) is 0 Å². The summed E-state index contributed by atoms with van der Waals surface area (Å²) in [6, 6.07) is 17.5. The molecule has 3 aromatic rings. The van der Waals surface area contributed by atoms with Crippen molar-refractivity contribution >= 4 is 5.91 Å². The van der Waals surface area contributed by atoms with E-state index in [1.165, 1.54) is 0 Å². The molecular weight excluding hydrogens is 324 g/mol. The minimum absolute atomic E-state index is 0.122. The van der Waals surface area contributed by atoms with E-state index >= 15 is 0 Å². The van der Waals surface area contributed by atoms with E-state index in [-0.39, 0.29) is 5.91 Å². The maximum Gasteiger partial charge on any atom is 0.271 e. The summed E-state index contributed by atoms with van der Waals surface area (Å²) in [5, 5.41) is 9.10. The van der Waals surface area contributed by atoms with E-state index in [9.17, 15) is 4.79 Å². The van der Waals surface area contributed by atoms with Crippen LogP contribution in [0.15, 0.2) is 60.9 Å². The predicted molar refractivity (Wildman–Crippen MR) is 99.1 cm³/mol. The summed E-state index contributed by atoms with van der Waals surface area (Å²) >= 11 is 0. The topological polar surface area (TPSA) is 61.9 Å². The summed E-state index contributed by atoms with van der Waals surface area (Å²) in [5.74, 6) is -0.122. The molecule has 0 saturated heterocycles. The minimum atomic E-state index is -0.122. The van der Waals surface area contributed by atoms with E-state index < -0.39 is 0 Å². The van der Waals surface area contributed by atoms with Gasteiger partial charge in [-0.2, -0.15) is 5.26 Å². The van der Waals surface area contributed by atoms with Crippen LogP contribution in [0.25, 0.3) is 0 Å². The summed E-state index contributed by atoms with van der Waals surface area (Å²) in [6.45, 7) is 2.88. The third kappa shape index (κ3) is 3.81. The Morgan fingerprint density at radius 2 is 1.96 bits per heavy atom. The number of hydrogen-bond donors (Lipinski definition) is 0. The molecule has 0 aliphatic heterocycles. The van der Waals surface area contributed by atoms with E-state index in [1.807, 2.05) is 49.4 Å². The van der Waals surface area contributed by atoms with Gasteiger partial charge in [0.05, 0.1) is 17.8 Å². The minimum Gasteiger partial charge on any atom is -0.345 e. The molecule has 5 nitrogen and oxygen atoms in total. The number of pyridine rings is 1. The molecule has 0 N–H and O–H groups in total. The summed E-state index contributed by atoms with van der Waals surface area (Å²) in [4.78, 5) is 19.4. The number of aryl methyl sites for hydroxylation is 2. The van der Waals surface area contributed by atoms with Gasteiger partial charge < -0.3 is 9.47 Å². The Bertz CT molecular complexity index is 954. The first-order valence-electron chi connectivity index (χ1n) is 8.38. The average molecular weight is 344 g/mol. The molecule has 1 aromatic carbocycles. The van der Waals surface area contributed by atoms with Crippen molar-refractivity contribution in [1.82, 2.24) is 14.5 Å². The molecule has 3 rings (SSSR count). The second-order valence-electron chi connectivity index (χ2n) is 6.25. The van der Waals surface area contributed by atoms with E-state index in [2.05, 4.69) is 11.1 Å². The number of nitriles is 1. The summed E-state index contributed by atoms with van der Waals surface area (Å²) in [5.41, 5.74) is 3.93. The quantitative estimate of drug-likeness (QED) is 0.712. The fraction of sp³-hybridized carbons (Fsp3) is 0.190. The van der Waals surface area contributed by atoms with Gasteiger partial charge in [0.2, 0.25) is 0 Å². The van der Waals surface area contributed by atoms with Gasteiger partial charge >= 0.3 is 0 Å². The van der Waals surface area contributed by atoms with Crippen molar-refractivity contribution in [3.8, 4) is 6.07 Å². The van der Waals surface area contributed by atoms with E-state index in [4.69, 9.17) is 5.26 Å². The molecule has 130 valence electrons. The van der Waals surface area contributed by atoms with Gasteiger partial charge in [-0.15, -0.1) is 0 Å². The highest BCUT2D eigenvalue weighted by Crippen LogP contribution is 2.16. The molecule has 0 spiro atoms. The highest BCUT2D eigenvalue weighted by Gasteiger charge is 2.21. The van der Waals surface area contributed by atoms with Crippen LogP contribution in [-0.2, 0) is 20.1 Å². The first-order valence-corrected chi connectivity index (χ1v) is 8.38. The van der Waals surface area contributed by atoms with Crippen LogP contribution in [0.3, 0.4) is 0 Å². The van der Waals surface area contributed by atoms with Crippen molar-refractivity contribution in [2.75, 3.05) is 0 Å². The molecule has 0 bridgehead atoms. The number of amides is 1. The first kappa shape index (κ1) is 17.4. The van der Waals surface area contributed by atoms with Gasteiger partial charge in [-0.3, -0.25) is 9.78 Å². The largest absolute Gasteiger partial charge is 0.345 e. The molecule has 0 atom stereocenters. The number of hydrogen-bond acceptors (Lipinski definition) is 3. The lowest BCUT2D eigenvalue weighted by atomic mass is 10.1. The molecule has 26 heavy (non-hydrogen) atoms. The van der Waals surface area contributed by atoms with Gasteiger partial charge in [0, 0.05) is 26.0 Å². The highest BCUT2D eigenvalue weighted by molar-refractivity contribution is 5.93. The fourth-order valence-electron chi connectivity index (χ4n) is 2.87. The molecule has 0 saturated carbocycles. The average Bonchev–Trinajstić information content (AvgIpc) is 3.04. The number of rotatable bonds is 5. The van der Waals surface area contributed by atoms with Crippen molar-refractivity contribution in [3.05, 3.63) is 89.0 Å². The number of nitrogens with zero attached hydrogens (tertiary/aromatic N) is 4. The SMILES string of the molecule is Cc1cccnc1CN(Cc1ccccc1)C(=O)c1cc(C#N)cn1C. The zero-order valence-electron chi connectivity index (χ0n) is 14.9. The first-order chi connectivity index (χ1) is 12.6. The van der Waals surface area contributed by atoms with Crippen LogP contribution >= 0.6 is 0 Å². The van der Waals surface area contributed by atoms with Crippen molar-refractivity contribution in [2.24, 2.45) is 7.05 Å². The van der Waals surface area contributed by atoms with Gasteiger partial charge in [0.25, 0.3) is 5.91 Å². The van der Waals surface area contributed by atoms with Crippen molar-refractivity contribution < 1.29 is 4.79 Å². The Balaban J connectivity index is 1.94. The number of benzene rings is 1. The lowest BCUT2D eigenvalue weighted by Crippen LogP contribution is -2.32. The number of carbonyl (C=O) groups is 1. The lowest BCUT2D eigenvalue weighted by Gasteiger charge is -2.23. The zero-order chi connectivity index (χ0) is 18.5. The standard InChI is InChI=1S/C21H20N4O/c1-16-7-6-10-23-19(16)15-25(14-17-8-4-3-5-9-17)21(26)20-11-18(12-22)13-24(20)2/h3-11,13H,14-15H2,1-2H3. The van der Waals surface area contributed by atoms with Gasteiger partial charge in [-0.05, 0) is 30.2 Å². The summed E-state index contributed by atoms with van der Waals surface area (Å²) in [7, 11) is 1.78. The molecule has 2 heterocycles. The Morgan fingerprint density at radius 1 is 1.19 bits per heavy atom. The molecule has 0 unspecified atom stereocenters. The summed E-state index contributed by atoms with van der Waals surface area (Å²) in [6.07, 6.45) is 3.41. The molecular formula is C21H20N4O. The van der Waals surface area contributed by atoms with Crippen molar-refractivity contribution in [3.63, 3.8) is 0 Å². The fourth-order valence-corrected chi connectivity index (χ4v) is 2.87. The monoisotopic (exact) mass is 344 g/mol. The summed E-state index contributed by atoms with van der Waals surface area (Å²) < 4.78 is 1.70. The molecule has 0 aliphatic rings. The second kappa shape index (κ2) is 7.66. The highest BCUT2D eigenvalue weighted by atomic mass is 16.2. The molecule has 1 amide bonds. The van der Waals surface area contributed by atoms with Crippen LogP contribution in [-0.4, -0.2) is 20.4 Å². The molecule has 0 aliphatic carbocycles. The van der Waals surface area contributed by atoms with Crippen LogP contribution in [0.1, 0.15) is 32.9 Å². The van der Waals surface area contributed by atoms with Crippen LogP contribution < -0.4 is 0 Å². The molecule has 0 fully saturated rings. The van der Waals surface area contributed by atoms with Gasteiger partial charge in [0.1, 0.15) is 11.8 Å². The number of aromatic nitrogens is 2. The van der Waals surface area contributed by atoms with Crippen LogP contribution in [0.4, 0.5) is 0 Å². The number of carbonyl (C=O) groups excluding carboxylic acids is 1. The Morgan fingerprint density at radius 3 is 2.62 bits per heavy atom. The zero-order valence-corrected chi connectivity index (χ0v) is 14.9. The van der Waals surface area contributed by atoms with Gasteiger partial charge in [-0.25, -0.2) is 0 Å². The van der Waals surface area contributed by atoms with Crippen molar-refractivity contribution in [1.29, 1.82) is 5.26 Å². The van der Waals surface area contributed by atoms with Crippen LogP contribution in [0.2, 0.25) is 0 Å². The van der Waals surface area contributed by atoms with Crippen molar-refractivity contribution in [2.45, 2.75) is 20.0 Å². The molecule has 5 heteroatoms. The smallest absolute Gasteiger partial charge is 0.271 e. The van der Waals surface area contributed by atoms with Crippen LogP contribution in [0, 0.1) is 18.3 Å². The Hall–Kier alpha value is -3.39. The second-order valence-corrected chi connectivity index (χ2v) is 6.25. The Labute approximate surface area is 153 Å². The van der Waals surface area contributed by atoms with Gasteiger partial charge in [0.15, 0.2) is 0 Å².